The van der Waals surface area contributed by atoms with E-state index in [-0.39, 0.29) is 22.4 Å². The van der Waals surface area contributed by atoms with Gasteiger partial charge in [0.05, 0.1) is 11.8 Å². The van der Waals surface area contributed by atoms with Gasteiger partial charge in [-0.1, -0.05) is 17.7 Å². The molecule has 2 aromatic rings. The summed E-state index contributed by atoms with van der Waals surface area (Å²) in [5.41, 5.74) is 10.3. The molecular formula is C22H19F3N4O2. The predicted octanol–water partition coefficient (Wildman–Crippen LogP) is 3.69. The second-order valence-corrected chi connectivity index (χ2v) is 6.86. The van der Waals surface area contributed by atoms with E-state index in [1.807, 2.05) is 19.9 Å². The van der Waals surface area contributed by atoms with Gasteiger partial charge in [0.2, 0.25) is 0 Å². The Morgan fingerprint density at radius 3 is 2.68 bits per heavy atom. The third kappa shape index (κ3) is 4.66. The second-order valence-electron chi connectivity index (χ2n) is 6.86. The van der Waals surface area contributed by atoms with Crippen molar-refractivity contribution in [2.45, 2.75) is 20.4 Å². The summed E-state index contributed by atoms with van der Waals surface area (Å²) in [7, 11) is 0. The topological polar surface area (TPSA) is 96.6 Å². The summed E-state index contributed by atoms with van der Waals surface area (Å²) in [5, 5.41) is 6.24. The maximum Gasteiger partial charge on any atom is 0.272 e. The number of allylic oxidation sites excluding steroid dienone is 4. The largest absolute Gasteiger partial charge is 0.398 e. The van der Waals surface area contributed by atoms with E-state index in [2.05, 4.69) is 15.8 Å². The average molecular weight is 428 g/mol. The quantitative estimate of drug-likeness (QED) is 0.512. The van der Waals surface area contributed by atoms with Crippen LogP contribution in [0.5, 0.6) is 0 Å². The fourth-order valence-electron chi connectivity index (χ4n) is 3.04. The molecule has 0 spiro atoms. The van der Waals surface area contributed by atoms with E-state index in [9.17, 15) is 22.8 Å². The number of nitrogens with two attached hydrogens (primary N) is 1. The van der Waals surface area contributed by atoms with Crippen LogP contribution in [0.3, 0.4) is 0 Å². The Balaban J connectivity index is 1.94. The monoisotopic (exact) mass is 428 g/mol. The first-order valence-electron chi connectivity index (χ1n) is 9.24. The highest BCUT2D eigenvalue weighted by Gasteiger charge is 2.22. The van der Waals surface area contributed by atoms with Crippen molar-refractivity contribution in [3.63, 3.8) is 0 Å². The van der Waals surface area contributed by atoms with Crippen LogP contribution in [0.25, 0.3) is 5.57 Å². The molecule has 1 aliphatic heterocycles. The summed E-state index contributed by atoms with van der Waals surface area (Å²) >= 11 is 0. The normalized spacial score (nSPS) is 14.8. The average Bonchev–Trinajstić information content (AvgIpc) is 2.88. The molecule has 1 heterocycles. The predicted molar refractivity (Wildman–Crippen MR) is 112 cm³/mol. The number of nitrogens with zero attached hydrogens (tertiary/aromatic N) is 1. The number of nitrogens with one attached hydrogen (secondary N) is 2. The molecule has 0 unspecified atom stereocenters. The number of fused-ring (bicyclic) bond motifs is 1. The number of benzene rings is 2. The molecule has 9 heteroatoms. The van der Waals surface area contributed by atoms with E-state index in [1.54, 1.807) is 6.08 Å². The van der Waals surface area contributed by atoms with Gasteiger partial charge in [-0.25, -0.2) is 18.6 Å². The number of hydrazone groups is 1. The Labute approximate surface area is 176 Å². The maximum absolute atomic E-state index is 13.8. The summed E-state index contributed by atoms with van der Waals surface area (Å²) in [6, 6.07) is 3.89. The molecule has 0 radical (unpaired) electrons. The van der Waals surface area contributed by atoms with Crippen LogP contribution in [-0.4, -0.2) is 18.0 Å². The summed E-state index contributed by atoms with van der Waals surface area (Å²) < 4.78 is 40.5. The fraction of sp³-hybridized carbons (Fsp3) is 0.136. The van der Waals surface area contributed by atoms with Gasteiger partial charge >= 0.3 is 0 Å². The van der Waals surface area contributed by atoms with Crippen molar-refractivity contribution in [3.05, 3.63) is 81.7 Å². The van der Waals surface area contributed by atoms with Gasteiger partial charge in [0.1, 0.15) is 5.82 Å². The third-order valence-corrected chi connectivity index (χ3v) is 4.68. The highest BCUT2D eigenvalue weighted by Crippen LogP contribution is 2.29. The molecule has 0 saturated carbocycles. The molecule has 1 aliphatic rings. The highest BCUT2D eigenvalue weighted by molar-refractivity contribution is 6.19. The van der Waals surface area contributed by atoms with Crippen LogP contribution in [0.4, 0.5) is 18.9 Å². The van der Waals surface area contributed by atoms with Crippen LogP contribution in [0.15, 0.2) is 47.1 Å². The zero-order valence-corrected chi connectivity index (χ0v) is 16.7. The van der Waals surface area contributed by atoms with Crippen molar-refractivity contribution in [3.8, 4) is 0 Å². The molecule has 0 aromatic heterocycles. The number of anilines is 1. The van der Waals surface area contributed by atoms with Crippen LogP contribution in [-0.2, 0) is 6.54 Å². The van der Waals surface area contributed by atoms with Crippen LogP contribution in [0.1, 0.15) is 45.7 Å². The Bertz CT molecular complexity index is 1170. The Morgan fingerprint density at radius 1 is 1.23 bits per heavy atom. The lowest BCUT2D eigenvalue weighted by atomic mass is 9.94. The van der Waals surface area contributed by atoms with Gasteiger partial charge < -0.3 is 11.1 Å². The van der Waals surface area contributed by atoms with Gasteiger partial charge in [0.15, 0.2) is 11.6 Å². The van der Waals surface area contributed by atoms with Gasteiger partial charge in [0.25, 0.3) is 11.8 Å². The number of amides is 2. The maximum atomic E-state index is 13.8. The molecule has 6 nitrogen and oxygen atoms in total. The number of halogens is 3. The van der Waals surface area contributed by atoms with E-state index < -0.39 is 35.8 Å². The number of rotatable bonds is 4. The van der Waals surface area contributed by atoms with Crippen LogP contribution in [0.2, 0.25) is 0 Å². The van der Waals surface area contributed by atoms with Crippen LogP contribution < -0.4 is 16.5 Å². The minimum Gasteiger partial charge on any atom is -0.398 e. The minimum atomic E-state index is -1.36. The molecular weight excluding hydrogens is 409 g/mol. The molecule has 0 aliphatic carbocycles. The zero-order valence-electron chi connectivity index (χ0n) is 16.7. The van der Waals surface area contributed by atoms with E-state index in [4.69, 9.17) is 5.73 Å². The third-order valence-electron chi connectivity index (χ3n) is 4.68. The van der Waals surface area contributed by atoms with Gasteiger partial charge in [0, 0.05) is 40.6 Å². The van der Waals surface area contributed by atoms with Crippen LogP contribution in [0, 0.1) is 17.5 Å². The number of carbonyl (C=O) groups excluding carboxylic acids is 2. The lowest BCUT2D eigenvalue weighted by molar-refractivity contribution is 0.0950. The fourth-order valence-corrected chi connectivity index (χ4v) is 3.04. The van der Waals surface area contributed by atoms with E-state index in [0.717, 1.165) is 11.6 Å². The highest BCUT2D eigenvalue weighted by atomic mass is 19.2. The van der Waals surface area contributed by atoms with Gasteiger partial charge in [-0.3, -0.25) is 9.59 Å². The van der Waals surface area contributed by atoms with Gasteiger partial charge in [-0.05, 0) is 32.0 Å². The van der Waals surface area contributed by atoms with E-state index in [1.165, 1.54) is 18.3 Å². The molecule has 0 fully saturated rings. The van der Waals surface area contributed by atoms with Crippen molar-refractivity contribution in [1.82, 2.24) is 10.7 Å². The second kappa shape index (κ2) is 8.86. The molecule has 4 N–H and O–H groups in total. The summed E-state index contributed by atoms with van der Waals surface area (Å²) in [4.78, 5) is 25.0. The lowest BCUT2D eigenvalue weighted by Gasteiger charge is -2.13. The van der Waals surface area contributed by atoms with Crippen molar-refractivity contribution in [2.75, 3.05) is 5.73 Å². The molecule has 0 atom stereocenters. The van der Waals surface area contributed by atoms with Crippen molar-refractivity contribution in [1.29, 1.82) is 0 Å². The van der Waals surface area contributed by atoms with Crippen molar-refractivity contribution in [2.24, 2.45) is 5.10 Å². The molecule has 31 heavy (non-hydrogen) atoms. The smallest absolute Gasteiger partial charge is 0.272 e. The molecule has 0 bridgehead atoms. The van der Waals surface area contributed by atoms with E-state index in [0.29, 0.717) is 17.2 Å². The number of nitrogen functional groups attached to an aromatic ring is 1. The number of carbonyl (C=O) groups is 2. The minimum absolute atomic E-state index is 0.0210. The number of hydrogen-bond donors (Lipinski definition) is 3. The Kier molecular flexibility index (Phi) is 6.24. The van der Waals surface area contributed by atoms with Gasteiger partial charge in [-0.2, -0.15) is 5.10 Å². The van der Waals surface area contributed by atoms with Crippen LogP contribution >= 0.6 is 0 Å². The Hall–Kier alpha value is -3.88. The summed E-state index contributed by atoms with van der Waals surface area (Å²) in [6.45, 7) is 3.26. The van der Waals surface area contributed by atoms with Crippen molar-refractivity contribution >= 4 is 29.3 Å². The SMILES string of the molecule is C/C=C(C)/C=C1\C=NNC(=O)c2cc(C(=O)NCc3cc(F)cc(F)c3F)cc(N)c21. The molecule has 3 rings (SSSR count). The first-order chi connectivity index (χ1) is 14.7. The van der Waals surface area contributed by atoms with Crippen molar-refractivity contribution < 1.29 is 22.8 Å². The zero-order chi connectivity index (χ0) is 22.7. The summed E-state index contributed by atoms with van der Waals surface area (Å²) in [5.74, 6) is -4.84. The van der Waals surface area contributed by atoms with E-state index >= 15 is 0 Å². The first kappa shape index (κ1) is 21.8. The van der Waals surface area contributed by atoms with Gasteiger partial charge in [-0.15, -0.1) is 0 Å². The first-order valence-corrected chi connectivity index (χ1v) is 9.24. The molecule has 2 amide bonds. The molecule has 2 aromatic carbocycles. The number of hydrogen-bond acceptors (Lipinski definition) is 4. The molecule has 160 valence electrons. The standard InChI is InChI=1S/C22H19F3N4O2/c1-3-11(2)4-13-10-28-29-22(31)16-6-12(7-18(26)19(13)16)21(30)27-9-14-5-15(23)8-17(24)20(14)25/h3-8,10H,9,26H2,1-2H3,(H,27,30)(H,29,31)/b11-3+,13-4+. The lowest BCUT2D eigenvalue weighted by Crippen LogP contribution is -2.25. The molecule has 0 saturated heterocycles. The Morgan fingerprint density at radius 2 is 1.97 bits per heavy atom. The summed E-state index contributed by atoms with van der Waals surface area (Å²) in [6.07, 6.45) is 5.11.